The largest absolute Gasteiger partial charge is 0.458 e. The molecule has 34 heavy (non-hydrogen) atoms. The first-order valence-corrected chi connectivity index (χ1v) is 15.4. The molecule has 1 saturated heterocycles. The number of amides is 1. The molecule has 0 N–H and O–H groups in total. The molecule has 198 valence electrons. The molecule has 0 radical (unpaired) electrons. The van der Waals surface area contributed by atoms with Crippen molar-refractivity contribution in [1.82, 2.24) is 4.90 Å². The molecule has 0 aliphatic carbocycles. The van der Waals surface area contributed by atoms with E-state index in [0.717, 1.165) is 0 Å². The zero-order valence-electron chi connectivity index (χ0n) is 23.8. The summed E-state index contributed by atoms with van der Waals surface area (Å²) < 4.78 is 17.8. The standard InChI is InChI=1S/C26H49NO6Si/c1-17(2)14-20(28)21-18(16-31-34(12,13)26(9,10)11)15-19(22(29)32-24(3,4)5)27(21)23(30)33-25(6,7)8/h17-19,21H,14-16H2,1-13H3/t18-,19+,21+/m0/s1. The van der Waals surface area contributed by atoms with Crippen LogP contribution in [0.15, 0.2) is 0 Å². The van der Waals surface area contributed by atoms with Crippen molar-refractivity contribution in [2.45, 2.75) is 130 Å². The molecule has 0 bridgehead atoms. The van der Waals surface area contributed by atoms with Gasteiger partial charge in [-0.1, -0.05) is 34.6 Å². The van der Waals surface area contributed by atoms with Crippen LogP contribution in [0.4, 0.5) is 4.79 Å². The summed E-state index contributed by atoms with van der Waals surface area (Å²) in [6, 6.07) is -1.69. The summed E-state index contributed by atoms with van der Waals surface area (Å²) in [4.78, 5) is 41.4. The van der Waals surface area contributed by atoms with Gasteiger partial charge in [-0.2, -0.15) is 0 Å². The first kappa shape index (κ1) is 30.6. The number of ketones is 1. The molecule has 0 aromatic heterocycles. The highest BCUT2D eigenvalue weighted by Gasteiger charge is 2.53. The number of Topliss-reactive ketones (excluding diaryl/α,β-unsaturated/α-hetero) is 1. The van der Waals surface area contributed by atoms with Gasteiger partial charge in [0.1, 0.15) is 17.2 Å². The van der Waals surface area contributed by atoms with Gasteiger partial charge in [0.25, 0.3) is 0 Å². The van der Waals surface area contributed by atoms with Crippen molar-refractivity contribution in [2.75, 3.05) is 6.61 Å². The van der Waals surface area contributed by atoms with Gasteiger partial charge in [0.05, 0.1) is 6.04 Å². The lowest BCUT2D eigenvalue weighted by molar-refractivity contribution is -0.160. The molecule has 7 nitrogen and oxygen atoms in total. The van der Waals surface area contributed by atoms with Crippen LogP contribution in [-0.2, 0) is 23.5 Å². The summed E-state index contributed by atoms with van der Waals surface area (Å²) in [6.45, 7) is 25.7. The quantitative estimate of drug-likeness (QED) is 0.317. The lowest BCUT2D eigenvalue weighted by Gasteiger charge is -2.38. The van der Waals surface area contributed by atoms with Gasteiger partial charge in [-0.3, -0.25) is 9.69 Å². The highest BCUT2D eigenvalue weighted by atomic mass is 28.4. The lowest BCUT2D eigenvalue weighted by atomic mass is 9.92. The van der Waals surface area contributed by atoms with Gasteiger partial charge in [-0.25, -0.2) is 9.59 Å². The Morgan fingerprint density at radius 3 is 1.82 bits per heavy atom. The first-order chi connectivity index (χ1) is 15.1. The molecule has 8 heteroatoms. The first-order valence-electron chi connectivity index (χ1n) is 12.5. The Morgan fingerprint density at radius 1 is 0.912 bits per heavy atom. The third-order valence-electron chi connectivity index (χ3n) is 6.29. The number of carbonyl (C=O) groups excluding carboxylic acids is 3. The number of ether oxygens (including phenoxy) is 2. The summed E-state index contributed by atoms with van der Waals surface area (Å²) in [7, 11) is -2.11. The van der Waals surface area contributed by atoms with Gasteiger partial charge in [-0.05, 0) is 72.0 Å². The van der Waals surface area contributed by atoms with Crippen LogP contribution >= 0.6 is 0 Å². The number of hydrogen-bond donors (Lipinski definition) is 0. The maximum Gasteiger partial charge on any atom is 0.411 e. The third-order valence-corrected chi connectivity index (χ3v) is 10.8. The summed E-state index contributed by atoms with van der Waals surface area (Å²) in [5, 5.41) is -0.00153. The van der Waals surface area contributed by atoms with E-state index < -0.39 is 43.7 Å². The Morgan fingerprint density at radius 2 is 1.41 bits per heavy atom. The van der Waals surface area contributed by atoms with E-state index in [1.54, 1.807) is 41.5 Å². The molecular formula is C26H49NO6Si. The summed E-state index contributed by atoms with van der Waals surface area (Å²) in [5.41, 5.74) is -1.49. The van der Waals surface area contributed by atoms with Crippen LogP contribution in [0.5, 0.6) is 0 Å². The Bertz CT molecular complexity index is 742. The highest BCUT2D eigenvalue weighted by Crippen LogP contribution is 2.40. The Kier molecular flexibility index (Phi) is 9.62. The normalized spacial score (nSPS) is 22.2. The minimum atomic E-state index is -2.11. The summed E-state index contributed by atoms with van der Waals surface area (Å²) in [5.74, 6) is -0.785. The molecule has 0 saturated carbocycles. The van der Waals surface area contributed by atoms with Crippen molar-refractivity contribution in [3.63, 3.8) is 0 Å². The zero-order chi connectivity index (χ0) is 26.9. The molecule has 3 atom stereocenters. The predicted molar refractivity (Wildman–Crippen MR) is 137 cm³/mol. The van der Waals surface area contributed by atoms with E-state index in [9.17, 15) is 14.4 Å². The fourth-order valence-corrected chi connectivity index (χ4v) is 4.78. The Hall–Kier alpha value is -1.41. The smallest absolute Gasteiger partial charge is 0.411 e. The van der Waals surface area contributed by atoms with Gasteiger partial charge < -0.3 is 13.9 Å². The van der Waals surface area contributed by atoms with Gasteiger partial charge in [0.15, 0.2) is 14.1 Å². The van der Waals surface area contributed by atoms with Gasteiger partial charge in [0, 0.05) is 18.9 Å². The zero-order valence-corrected chi connectivity index (χ0v) is 24.8. The monoisotopic (exact) mass is 499 g/mol. The predicted octanol–water partition coefficient (Wildman–Crippen LogP) is 5.96. The molecular weight excluding hydrogens is 450 g/mol. The summed E-state index contributed by atoms with van der Waals surface area (Å²) in [6.07, 6.45) is -0.0564. The molecule has 1 rings (SSSR count). The van der Waals surface area contributed by atoms with Crippen molar-refractivity contribution < 1.29 is 28.3 Å². The molecule has 1 aliphatic rings. The molecule has 1 fully saturated rings. The van der Waals surface area contributed by atoms with E-state index in [-0.39, 0.29) is 22.7 Å². The van der Waals surface area contributed by atoms with Crippen molar-refractivity contribution in [3.8, 4) is 0 Å². The molecule has 1 amide bonds. The van der Waals surface area contributed by atoms with Crippen molar-refractivity contribution in [1.29, 1.82) is 0 Å². The van der Waals surface area contributed by atoms with Crippen molar-refractivity contribution in [2.24, 2.45) is 11.8 Å². The number of esters is 1. The topological polar surface area (TPSA) is 82.1 Å². The average molecular weight is 500 g/mol. The second-order valence-corrected chi connectivity index (χ2v) is 18.3. The van der Waals surface area contributed by atoms with Crippen molar-refractivity contribution in [3.05, 3.63) is 0 Å². The minimum Gasteiger partial charge on any atom is -0.458 e. The molecule has 0 aromatic carbocycles. The minimum absolute atomic E-state index is 0.00153. The molecule has 1 heterocycles. The lowest BCUT2D eigenvalue weighted by Crippen LogP contribution is -2.52. The van der Waals surface area contributed by atoms with Gasteiger partial charge in [-0.15, -0.1) is 0 Å². The van der Waals surface area contributed by atoms with Crippen LogP contribution < -0.4 is 0 Å². The number of nitrogens with zero attached hydrogens (tertiary/aromatic N) is 1. The Labute approximate surface area is 208 Å². The van der Waals surface area contributed by atoms with Crippen LogP contribution in [0.2, 0.25) is 18.1 Å². The maximum absolute atomic E-state index is 13.5. The van der Waals surface area contributed by atoms with E-state index >= 15 is 0 Å². The number of carbonyl (C=O) groups is 3. The Balaban J connectivity index is 3.43. The van der Waals surface area contributed by atoms with Crippen LogP contribution in [-0.4, -0.2) is 61.0 Å². The van der Waals surface area contributed by atoms with Crippen LogP contribution in [0.1, 0.15) is 89.0 Å². The van der Waals surface area contributed by atoms with Crippen LogP contribution in [0.25, 0.3) is 0 Å². The van der Waals surface area contributed by atoms with Crippen molar-refractivity contribution >= 4 is 26.2 Å². The van der Waals surface area contributed by atoms with E-state index in [1.165, 1.54) is 4.90 Å². The van der Waals surface area contributed by atoms with E-state index in [0.29, 0.717) is 19.4 Å². The van der Waals surface area contributed by atoms with Crippen LogP contribution in [0.3, 0.4) is 0 Å². The van der Waals surface area contributed by atoms with Gasteiger partial charge >= 0.3 is 12.1 Å². The molecule has 0 spiro atoms. The SMILES string of the molecule is CC(C)CC(=O)[C@H]1[C@H](CO[Si](C)(C)C(C)(C)C)C[C@H](C(=O)OC(C)(C)C)N1C(=O)OC(C)(C)C. The molecule has 0 aromatic rings. The van der Waals surface area contributed by atoms with E-state index in [2.05, 4.69) is 33.9 Å². The molecule has 1 aliphatic heterocycles. The number of rotatable bonds is 7. The fraction of sp³-hybridized carbons (Fsp3) is 0.885. The maximum atomic E-state index is 13.5. The molecule has 0 unspecified atom stereocenters. The second kappa shape index (κ2) is 10.7. The average Bonchev–Trinajstić information content (AvgIpc) is 2.95. The second-order valence-electron chi connectivity index (χ2n) is 13.5. The van der Waals surface area contributed by atoms with Crippen LogP contribution in [0, 0.1) is 11.8 Å². The summed E-state index contributed by atoms with van der Waals surface area (Å²) >= 11 is 0. The van der Waals surface area contributed by atoms with E-state index in [4.69, 9.17) is 13.9 Å². The third kappa shape index (κ3) is 8.67. The highest BCUT2D eigenvalue weighted by molar-refractivity contribution is 6.74. The van der Waals surface area contributed by atoms with E-state index in [1.807, 2.05) is 13.8 Å². The number of hydrogen-bond acceptors (Lipinski definition) is 6. The fourth-order valence-electron chi connectivity index (χ4n) is 3.72. The number of likely N-dealkylation sites (tertiary alicyclic amines) is 1. The van der Waals surface area contributed by atoms with Gasteiger partial charge in [0.2, 0.25) is 0 Å².